The number of carbonyl (C=O) groups is 1. The zero-order valence-corrected chi connectivity index (χ0v) is 16.2. The molecule has 2 N–H and O–H groups in total. The molecular formula is C24H24N2O2. The third-order valence-corrected chi connectivity index (χ3v) is 5.09. The van der Waals surface area contributed by atoms with E-state index in [1.807, 2.05) is 42.5 Å². The average molecular weight is 372 g/mol. The molecule has 1 heterocycles. The third-order valence-electron chi connectivity index (χ3n) is 5.09. The highest BCUT2D eigenvalue weighted by Gasteiger charge is 2.09. The first kappa shape index (κ1) is 18.1. The van der Waals surface area contributed by atoms with Crippen LogP contribution in [-0.2, 0) is 17.6 Å². The number of nitrogens with one attached hydrogen (secondary N) is 2. The van der Waals surface area contributed by atoms with Crippen LogP contribution in [0.3, 0.4) is 0 Å². The number of amides is 1. The van der Waals surface area contributed by atoms with E-state index in [4.69, 9.17) is 4.74 Å². The summed E-state index contributed by atoms with van der Waals surface area (Å²) < 4.78 is 5.59. The molecule has 0 bridgehead atoms. The van der Waals surface area contributed by atoms with Crippen molar-refractivity contribution in [1.29, 1.82) is 0 Å². The molecule has 0 aliphatic rings. The lowest BCUT2D eigenvalue weighted by Gasteiger charge is -2.08. The Kier molecular flexibility index (Phi) is 5.02. The fraction of sp³-hybridized carbons (Fsp3) is 0.208. The molecule has 0 radical (unpaired) electrons. The fourth-order valence-corrected chi connectivity index (χ4v) is 3.53. The smallest absolute Gasteiger partial charge is 0.262 e. The summed E-state index contributed by atoms with van der Waals surface area (Å²) in [7, 11) is 0. The Hall–Kier alpha value is -3.27. The first-order valence-electron chi connectivity index (χ1n) is 9.73. The van der Waals surface area contributed by atoms with E-state index in [1.165, 1.54) is 22.0 Å². The van der Waals surface area contributed by atoms with Crippen LogP contribution in [0.1, 0.15) is 25.0 Å². The SMILES string of the molecule is CCc1ccc(OCC(=O)Nc2ccc3c(c2)[nH]c2c(CC)cccc23)cc1. The van der Waals surface area contributed by atoms with E-state index in [0.29, 0.717) is 5.75 Å². The zero-order valence-electron chi connectivity index (χ0n) is 16.2. The van der Waals surface area contributed by atoms with Crippen molar-refractivity contribution in [2.45, 2.75) is 26.7 Å². The van der Waals surface area contributed by atoms with Gasteiger partial charge in [0.05, 0.1) is 0 Å². The van der Waals surface area contributed by atoms with E-state index in [-0.39, 0.29) is 12.5 Å². The second-order valence-electron chi connectivity index (χ2n) is 6.91. The third kappa shape index (κ3) is 3.58. The average Bonchev–Trinajstić information content (AvgIpc) is 3.10. The van der Waals surface area contributed by atoms with Crippen LogP contribution < -0.4 is 10.1 Å². The van der Waals surface area contributed by atoms with Crippen molar-refractivity contribution < 1.29 is 9.53 Å². The predicted molar refractivity (Wildman–Crippen MR) is 115 cm³/mol. The number of fused-ring (bicyclic) bond motifs is 3. The van der Waals surface area contributed by atoms with Gasteiger partial charge in [0.1, 0.15) is 5.75 Å². The molecule has 1 aromatic heterocycles. The van der Waals surface area contributed by atoms with Crippen molar-refractivity contribution in [3.05, 3.63) is 71.8 Å². The summed E-state index contributed by atoms with van der Waals surface area (Å²) in [5.41, 5.74) is 5.48. The molecule has 3 aromatic carbocycles. The van der Waals surface area contributed by atoms with Gasteiger partial charge < -0.3 is 15.0 Å². The lowest BCUT2D eigenvalue weighted by Crippen LogP contribution is -2.20. The molecule has 0 atom stereocenters. The Morgan fingerprint density at radius 3 is 2.54 bits per heavy atom. The maximum absolute atomic E-state index is 12.3. The van der Waals surface area contributed by atoms with E-state index in [0.717, 1.165) is 29.4 Å². The van der Waals surface area contributed by atoms with Crippen LogP contribution in [0, 0.1) is 0 Å². The van der Waals surface area contributed by atoms with Gasteiger partial charge in [-0.1, -0.05) is 50.2 Å². The number of aryl methyl sites for hydroxylation is 2. The van der Waals surface area contributed by atoms with Crippen LogP contribution in [0.15, 0.2) is 60.7 Å². The summed E-state index contributed by atoms with van der Waals surface area (Å²) in [5, 5.41) is 5.29. The highest BCUT2D eigenvalue weighted by molar-refractivity contribution is 6.09. The zero-order chi connectivity index (χ0) is 19.5. The molecular weight excluding hydrogens is 348 g/mol. The van der Waals surface area contributed by atoms with Crippen molar-refractivity contribution in [2.24, 2.45) is 0 Å². The summed E-state index contributed by atoms with van der Waals surface area (Å²) in [6.07, 6.45) is 1.96. The highest BCUT2D eigenvalue weighted by atomic mass is 16.5. The standard InChI is InChI=1S/C24H24N2O2/c1-3-16-8-11-19(12-9-16)28-15-23(27)25-18-10-13-20-21-7-5-6-17(4-2)24(21)26-22(20)14-18/h5-14,26H,3-4,15H2,1-2H3,(H,25,27). The van der Waals surface area contributed by atoms with Crippen molar-refractivity contribution >= 4 is 33.4 Å². The molecule has 0 unspecified atom stereocenters. The largest absolute Gasteiger partial charge is 0.484 e. The van der Waals surface area contributed by atoms with Gasteiger partial charge in [0, 0.05) is 27.5 Å². The molecule has 0 saturated heterocycles. The monoisotopic (exact) mass is 372 g/mol. The van der Waals surface area contributed by atoms with E-state index in [1.54, 1.807) is 0 Å². The fourth-order valence-electron chi connectivity index (χ4n) is 3.53. The molecule has 4 rings (SSSR count). The van der Waals surface area contributed by atoms with Crippen molar-refractivity contribution in [3.8, 4) is 5.75 Å². The number of aromatic amines is 1. The summed E-state index contributed by atoms with van der Waals surface area (Å²) in [4.78, 5) is 15.8. The van der Waals surface area contributed by atoms with Crippen LogP contribution in [0.5, 0.6) is 5.75 Å². The quantitative estimate of drug-likeness (QED) is 0.472. The molecule has 0 fully saturated rings. The molecule has 0 spiro atoms. The topological polar surface area (TPSA) is 54.1 Å². The van der Waals surface area contributed by atoms with Crippen LogP contribution in [0.25, 0.3) is 21.8 Å². The number of benzene rings is 3. The molecule has 0 aliphatic carbocycles. The van der Waals surface area contributed by atoms with E-state index >= 15 is 0 Å². The number of carbonyl (C=O) groups excluding carboxylic acids is 1. The first-order valence-corrected chi connectivity index (χ1v) is 9.73. The van der Waals surface area contributed by atoms with E-state index in [2.05, 4.69) is 42.3 Å². The highest BCUT2D eigenvalue weighted by Crippen LogP contribution is 2.29. The van der Waals surface area contributed by atoms with Gasteiger partial charge >= 0.3 is 0 Å². The summed E-state index contributed by atoms with van der Waals surface area (Å²) in [6, 6.07) is 20.1. The number of aromatic nitrogens is 1. The Morgan fingerprint density at radius 1 is 0.964 bits per heavy atom. The summed E-state index contributed by atoms with van der Waals surface area (Å²) in [5.74, 6) is 0.523. The summed E-state index contributed by atoms with van der Waals surface area (Å²) >= 11 is 0. The molecule has 0 saturated carbocycles. The molecule has 4 nitrogen and oxygen atoms in total. The van der Waals surface area contributed by atoms with Gasteiger partial charge in [0.15, 0.2) is 6.61 Å². The first-order chi connectivity index (χ1) is 13.7. The molecule has 142 valence electrons. The van der Waals surface area contributed by atoms with Crippen LogP contribution in [0.4, 0.5) is 5.69 Å². The minimum absolute atomic E-state index is 0.0177. The number of ether oxygens (including phenoxy) is 1. The number of H-pyrrole nitrogens is 1. The van der Waals surface area contributed by atoms with Crippen LogP contribution in [0.2, 0.25) is 0 Å². The number of hydrogen-bond acceptors (Lipinski definition) is 2. The molecule has 1 amide bonds. The predicted octanol–water partition coefficient (Wildman–Crippen LogP) is 5.46. The van der Waals surface area contributed by atoms with Gasteiger partial charge in [0.25, 0.3) is 5.91 Å². The second kappa shape index (κ2) is 7.77. The number of rotatable bonds is 6. The van der Waals surface area contributed by atoms with Gasteiger partial charge in [-0.2, -0.15) is 0 Å². The number of hydrogen-bond donors (Lipinski definition) is 2. The van der Waals surface area contributed by atoms with Gasteiger partial charge in [-0.25, -0.2) is 0 Å². The Labute approximate surface area is 164 Å². The van der Waals surface area contributed by atoms with Gasteiger partial charge in [-0.05, 0) is 48.2 Å². The normalized spacial score (nSPS) is 11.1. The Morgan fingerprint density at radius 2 is 1.79 bits per heavy atom. The van der Waals surface area contributed by atoms with Crippen LogP contribution in [-0.4, -0.2) is 17.5 Å². The lowest BCUT2D eigenvalue weighted by atomic mass is 10.1. The molecule has 4 aromatic rings. The van der Waals surface area contributed by atoms with Gasteiger partial charge in [-0.15, -0.1) is 0 Å². The maximum atomic E-state index is 12.3. The van der Waals surface area contributed by atoms with Gasteiger partial charge in [-0.3, -0.25) is 4.79 Å². The summed E-state index contributed by atoms with van der Waals surface area (Å²) in [6.45, 7) is 4.24. The Balaban J connectivity index is 1.47. The lowest BCUT2D eigenvalue weighted by molar-refractivity contribution is -0.118. The van der Waals surface area contributed by atoms with Gasteiger partial charge in [0.2, 0.25) is 0 Å². The molecule has 0 aliphatic heterocycles. The minimum Gasteiger partial charge on any atom is -0.484 e. The second-order valence-corrected chi connectivity index (χ2v) is 6.91. The van der Waals surface area contributed by atoms with Crippen LogP contribution >= 0.6 is 0 Å². The molecule has 28 heavy (non-hydrogen) atoms. The molecule has 4 heteroatoms. The number of anilines is 1. The van der Waals surface area contributed by atoms with E-state index in [9.17, 15) is 4.79 Å². The Bertz CT molecular complexity index is 1130. The maximum Gasteiger partial charge on any atom is 0.262 e. The minimum atomic E-state index is -0.177. The van der Waals surface area contributed by atoms with E-state index < -0.39 is 0 Å². The van der Waals surface area contributed by atoms with Crippen molar-refractivity contribution in [1.82, 2.24) is 4.98 Å². The van der Waals surface area contributed by atoms with Crippen molar-refractivity contribution in [2.75, 3.05) is 11.9 Å². The number of para-hydroxylation sites is 1. The van der Waals surface area contributed by atoms with Crippen molar-refractivity contribution in [3.63, 3.8) is 0 Å².